The first-order valence-corrected chi connectivity index (χ1v) is 6.77. The highest BCUT2D eigenvalue weighted by atomic mass is 19.4. The molecular weight excluding hydrogens is 311 g/mol. The number of ether oxygens (including phenoxy) is 2. The summed E-state index contributed by atoms with van der Waals surface area (Å²) < 4.78 is 48.0. The summed E-state index contributed by atoms with van der Waals surface area (Å²) in [5.41, 5.74) is -0.296. The number of carbonyl (C=O) groups is 1. The molecule has 2 aromatic carbocycles. The molecule has 1 N–H and O–H groups in total. The monoisotopic (exact) mass is 325 g/mol. The number of hydrogen-bond acceptors (Lipinski definition) is 3. The summed E-state index contributed by atoms with van der Waals surface area (Å²) in [7, 11) is 0. The summed E-state index contributed by atoms with van der Waals surface area (Å²) in [5.74, 6) is 0.421. The van der Waals surface area contributed by atoms with E-state index < -0.39 is 17.8 Å². The van der Waals surface area contributed by atoms with Gasteiger partial charge in [0.1, 0.15) is 11.5 Å². The third-order valence-electron chi connectivity index (χ3n) is 2.77. The van der Waals surface area contributed by atoms with Gasteiger partial charge in [-0.05, 0) is 49.4 Å². The Morgan fingerprint density at radius 2 is 1.78 bits per heavy atom. The zero-order valence-electron chi connectivity index (χ0n) is 12.2. The summed E-state index contributed by atoms with van der Waals surface area (Å²) in [4.78, 5) is 11.2. The molecule has 0 heterocycles. The van der Waals surface area contributed by atoms with E-state index >= 15 is 0 Å². The van der Waals surface area contributed by atoms with Crippen LogP contribution in [0.5, 0.6) is 11.5 Å². The molecule has 0 bridgehead atoms. The molecule has 0 aliphatic heterocycles. The Morgan fingerprint density at radius 3 is 2.39 bits per heavy atom. The van der Waals surface area contributed by atoms with Gasteiger partial charge in [-0.2, -0.15) is 13.2 Å². The van der Waals surface area contributed by atoms with Gasteiger partial charge in [-0.25, -0.2) is 4.79 Å². The molecule has 4 nitrogen and oxygen atoms in total. The van der Waals surface area contributed by atoms with Gasteiger partial charge in [0.05, 0.1) is 12.2 Å². The third kappa shape index (κ3) is 4.91. The van der Waals surface area contributed by atoms with E-state index in [1.807, 2.05) is 0 Å². The van der Waals surface area contributed by atoms with Crippen LogP contribution in [0, 0.1) is 0 Å². The maximum atomic E-state index is 12.6. The minimum absolute atomic E-state index is 0.0749. The second-order valence-electron chi connectivity index (χ2n) is 4.50. The lowest BCUT2D eigenvalue weighted by atomic mass is 10.2. The first-order chi connectivity index (χ1) is 10.9. The molecule has 1 amide bonds. The number of benzene rings is 2. The Hall–Kier alpha value is -2.70. The zero-order chi connectivity index (χ0) is 16.9. The lowest BCUT2D eigenvalue weighted by molar-refractivity contribution is -0.137. The standard InChI is InChI=1S/C16H14F3NO3/c1-2-22-15(21)20-12-6-8-13(9-7-12)23-14-5-3-4-11(10-14)16(17,18)19/h3-10H,2H2,1H3,(H,20,21). The van der Waals surface area contributed by atoms with Crippen LogP contribution in [0.3, 0.4) is 0 Å². The van der Waals surface area contributed by atoms with Crippen LogP contribution in [0.4, 0.5) is 23.7 Å². The highest BCUT2D eigenvalue weighted by Gasteiger charge is 2.30. The molecule has 122 valence electrons. The van der Waals surface area contributed by atoms with Gasteiger partial charge in [-0.3, -0.25) is 5.32 Å². The quantitative estimate of drug-likeness (QED) is 0.854. The fourth-order valence-electron chi connectivity index (χ4n) is 1.76. The van der Waals surface area contributed by atoms with E-state index in [2.05, 4.69) is 5.32 Å². The largest absolute Gasteiger partial charge is 0.457 e. The molecule has 0 saturated carbocycles. The fourth-order valence-corrected chi connectivity index (χ4v) is 1.76. The van der Waals surface area contributed by atoms with Crippen LogP contribution in [0.25, 0.3) is 0 Å². The molecule has 0 saturated heterocycles. The van der Waals surface area contributed by atoms with Crippen LogP contribution in [0.1, 0.15) is 12.5 Å². The van der Waals surface area contributed by atoms with Crippen molar-refractivity contribution in [2.45, 2.75) is 13.1 Å². The average Bonchev–Trinajstić information content (AvgIpc) is 2.49. The molecule has 7 heteroatoms. The van der Waals surface area contributed by atoms with Crippen LogP contribution in [-0.4, -0.2) is 12.7 Å². The van der Waals surface area contributed by atoms with Gasteiger partial charge in [0.15, 0.2) is 0 Å². The van der Waals surface area contributed by atoms with E-state index in [0.717, 1.165) is 12.1 Å². The number of hydrogen-bond donors (Lipinski definition) is 1. The van der Waals surface area contributed by atoms with E-state index in [1.54, 1.807) is 19.1 Å². The molecule has 0 unspecified atom stereocenters. The molecule has 0 aliphatic carbocycles. The van der Waals surface area contributed by atoms with E-state index in [-0.39, 0.29) is 12.4 Å². The summed E-state index contributed by atoms with van der Waals surface area (Å²) in [6.45, 7) is 1.94. The summed E-state index contributed by atoms with van der Waals surface area (Å²) in [6.07, 6.45) is -5.01. The van der Waals surface area contributed by atoms with Crippen molar-refractivity contribution in [3.8, 4) is 11.5 Å². The van der Waals surface area contributed by atoms with Gasteiger partial charge in [0.25, 0.3) is 0 Å². The SMILES string of the molecule is CCOC(=O)Nc1ccc(Oc2cccc(C(F)(F)F)c2)cc1. The molecule has 23 heavy (non-hydrogen) atoms. The number of amides is 1. The molecule has 2 aromatic rings. The second-order valence-corrected chi connectivity index (χ2v) is 4.50. The summed E-state index contributed by atoms with van der Waals surface area (Å²) in [5, 5.41) is 2.50. The predicted molar refractivity (Wildman–Crippen MR) is 78.6 cm³/mol. The average molecular weight is 325 g/mol. The maximum absolute atomic E-state index is 12.6. The lowest BCUT2D eigenvalue weighted by Crippen LogP contribution is -2.12. The summed E-state index contributed by atoms with van der Waals surface area (Å²) >= 11 is 0. The molecule has 0 radical (unpaired) electrons. The highest BCUT2D eigenvalue weighted by Crippen LogP contribution is 2.32. The van der Waals surface area contributed by atoms with Gasteiger partial charge in [0.2, 0.25) is 0 Å². The van der Waals surface area contributed by atoms with Crippen molar-refractivity contribution in [1.29, 1.82) is 0 Å². The second kappa shape index (κ2) is 7.04. The van der Waals surface area contributed by atoms with Crippen molar-refractivity contribution >= 4 is 11.8 Å². The number of nitrogens with one attached hydrogen (secondary N) is 1. The number of halogens is 3. The van der Waals surface area contributed by atoms with Gasteiger partial charge in [0, 0.05) is 5.69 Å². The molecule has 0 spiro atoms. The van der Waals surface area contributed by atoms with Gasteiger partial charge in [-0.1, -0.05) is 6.07 Å². The molecule has 0 aromatic heterocycles. The molecule has 0 atom stereocenters. The van der Waals surface area contributed by atoms with Crippen molar-refractivity contribution < 1.29 is 27.4 Å². The van der Waals surface area contributed by atoms with E-state index in [0.29, 0.717) is 11.4 Å². The summed E-state index contributed by atoms with van der Waals surface area (Å²) in [6, 6.07) is 10.8. The Balaban J connectivity index is 2.05. The smallest absolute Gasteiger partial charge is 0.416 e. The minimum Gasteiger partial charge on any atom is -0.457 e. The van der Waals surface area contributed by atoms with Crippen LogP contribution >= 0.6 is 0 Å². The minimum atomic E-state index is -4.42. The van der Waals surface area contributed by atoms with Crippen LogP contribution < -0.4 is 10.1 Å². The van der Waals surface area contributed by atoms with Crippen molar-refractivity contribution in [1.82, 2.24) is 0 Å². The maximum Gasteiger partial charge on any atom is 0.416 e. The van der Waals surface area contributed by atoms with E-state index in [4.69, 9.17) is 9.47 Å². The number of alkyl halides is 3. The predicted octanol–water partition coefficient (Wildman–Crippen LogP) is 5.07. The third-order valence-corrected chi connectivity index (χ3v) is 2.77. The van der Waals surface area contributed by atoms with Gasteiger partial charge in [-0.15, -0.1) is 0 Å². The Bertz CT molecular complexity index is 669. The van der Waals surface area contributed by atoms with Gasteiger partial charge >= 0.3 is 12.3 Å². The number of anilines is 1. The van der Waals surface area contributed by atoms with Crippen LogP contribution in [-0.2, 0) is 10.9 Å². The Labute approximate surface area is 130 Å². The van der Waals surface area contributed by atoms with Gasteiger partial charge < -0.3 is 9.47 Å². The zero-order valence-corrected chi connectivity index (χ0v) is 12.2. The highest BCUT2D eigenvalue weighted by molar-refractivity contribution is 5.84. The molecule has 2 rings (SSSR count). The Kier molecular flexibility index (Phi) is 5.10. The fraction of sp³-hybridized carbons (Fsp3) is 0.188. The topological polar surface area (TPSA) is 47.6 Å². The lowest BCUT2D eigenvalue weighted by Gasteiger charge is -2.10. The van der Waals surface area contributed by atoms with Crippen molar-refractivity contribution in [2.75, 3.05) is 11.9 Å². The molecule has 0 aliphatic rings. The molecule has 0 fully saturated rings. The molecular formula is C16H14F3NO3. The first kappa shape index (κ1) is 16.7. The number of carbonyl (C=O) groups excluding carboxylic acids is 1. The van der Waals surface area contributed by atoms with E-state index in [1.165, 1.54) is 24.3 Å². The van der Waals surface area contributed by atoms with E-state index in [9.17, 15) is 18.0 Å². The van der Waals surface area contributed by atoms with Crippen molar-refractivity contribution in [3.05, 3.63) is 54.1 Å². The Morgan fingerprint density at radius 1 is 1.09 bits per heavy atom. The van der Waals surface area contributed by atoms with Crippen LogP contribution in [0.15, 0.2) is 48.5 Å². The number of rotatable bonds is 4. The van der Waals surface area contributed by atoms with Crippen LogP contribution in [0.2, 0.25) is 0 Å². The normalized spacial score (nSPS) is 11.0. The van der Waals surface area contributed by atoms with Crippen molar-refractivity contribution in [3.63, 3.8) is 0 Å². The van der Waals surface area contributed by atoms with Crippen molar-refractivity contribution in [2.24, 2.45) is 0 Å². The first-order valence-electron chi connectivity index (χ1n) is 6.77.